The Morgan fingerprint density at radius 3 is 2.23 bits per heavy atom. The molecule has 0 aromatic carbocycles. The van der Waals surface area contributed by atoms with Crippen LogP contribution in [0.5, 0.6) is 0 Å². The molecular weight excluding hydrogens is 276 g/mol. The number of piperidine rings is 2. The van der Waals surface area contributed by atoms with Gasteiger partial charge in [-0.1, -0.05) is 13.8 Å². The topological polar surface area (TPSA) is 49.3 Å². The molecule has 0 spiro atoms. The van der Waals surface area contributed by atoms with E-state index in [0.29, 0.717) is 5.69 Å². The maximum Gasteiger partial charge on any atom is 0.272 e. The number of carbonyl (C=O) groups is 1. The number of rotatable bonds is 2. The Morgan fingerprint density at radius 1 is 1.00 bits per heavy atom. The first-order chi connectivity index (χ1) is 10.6. The molecule has 0 bridgehead atoms. The second kappa shape index (κ2) is 6.63. The van der Waals surface area contributed by atoms with Crippen molar-refractivity contribution in [3.63, 3.8) is 0 Å². The molecule has 0 saturated carbocycles. The first-order valence-corrected chi connectivity index (χ1v) is 8.49. The maximum atomic E-state index is 12.6. The molecule has 2 aliphatic heterocycles. The van der Waals surface area contributed by atoms with Crippen molar-refractivity contribution in [2.75, 3.05) is 31.1 Å². The van der Waals surface area contributed by atoms with Crippen LogP contribution >= 0.6 is 0 Å². The molecule has 0 N–H and O–H groups in total. The lowest BCUT2D eigenvalue weighted by atomic mass is 9.99. The van der Waals surface area contributed by atoms with E-state index in [2.05, 4.69) is 28.7 Å². The molecule has 0 unspecified atom stereocenters. The number of hydrogen-bond acceptors (Lipinski definition) is 4. The zero-order valence-corrected chi connectivity index (χ0v) is 13.7. The zero-order chi connectivity index (χ0) is 15.5. The summed E-state index contributed by atoms with van der Waals surface area (Å²) in [6, 6.07) is 1.87. The standard InChI is InChI=1S/C17H26N4O/c1-13-3-7-20(8-4-13)16-11-15(18-12-19-16)17(22)21-9-5-14(2)6-10-21/h11-14H,3-10H2,1-2H3. The minimum Gasteiger partial charge on any atom is -0.356 e. The third-order valence-corrected chi connectivity index (χ3v) is 5.05. The second-order valence-corrected chi connectivity index (χ2v) is 6.91. The summed E-state index contributed by atoms with van der Waals surface area (Å²) in [4.78, 5) is 25.4. The first-order valence-electron chi connectivity index (χ1n) is 8.49. The van der Waals surface area contributed by atoms with E-state index >= 15 is 0 Å². The van der Waals surface area contributed by atoms with Gasteiger partial charge in [0, 0.05) is 32.2 Å². The molecule has 3 heterocycles. The Balaban J connectivity index is 1.69. The Labute approximate surface area is 132 Å². The summed E-state index contributed by atoms with van der Waals surface area (Å²) in [5.74, 6) is 2.46. The summed E-state index contributed by atoms with van der Waals surface area (Å²) < 4.78 is 0. The molecular formula is C17H26N4O. The monoisotopic (exact) mass is 302 g/mol. The molecule has 0 radical (unpaired) electrons. The van der Waals surface area contributed by atoms with Crippen LogP contribution in [0.15, 0.2) is 12.4 Å². The number of amides is 1. The number of hydrogen-bond donors (Lipinski definition) is 0. The third kappa shape index (κ3) is 3.39. The minimum absolute atomic E-state index is 0.0564. The van der Waals surface area contributed by atoms with E-state index in [-0.39, 0.29) is 5.91 Å². The van der Waals surface area contributed by atoms with Crippen LogP contribution in [0, 0.1) is 11.8 Å². The van der Waals surface area contributed by atoms with Crippen LogP contribution in [0.1, 0.15) is 50.0 Å². The summed E-state index contributed by atoms with van der Waals surface area (Å²) >= 11 is 0. The molecule has 2 fully saturated rings. The Kier molecular flexibility index (Phi) is 4.60. The molecule has 120 valence electrons. The fourth-order valence-electron chi connectivity index (χ4n) is 3.25. The molecule has 0 aliphatic carbocycles. The van der Waals surface area contributed by atoms with Crippen molar-refractivity contribution in [2.24, 2.45) is 11.8 Å². The van der Waals surface area contributed by atoms with Crippen molar-refractivity contribution in [1.29, 1.82) is 0 Å². The highest BCUT2D eigenvalue weighted by atomic mass is 16.2. The second-order valence-electron chi connectivity index (χ2n) is 6.91. The van der Waals surface area contributed by atoms with E-state index in [4.69, 9.17) is 0 Å². The highest BCUT2D eigenvalue weighted by Gasteiger charge is 2.24. The first kappa shape index (κ1) is 15.3. The van der Waals surface area contributed by atoms with E-state index in [1.807, 2.05) is 11.0 Å². The fourth-order valence-corrected chi connectivity index (χ4v) is 3.25. The average Bonchev–Trinajstić information content (AvgIpc) is 2.56. The number of likely N-dealkylation sites (tertiary alicyclic amines) is 1. The summed E-state index contributed by atoms with van der Waals surface area (Å²) in [6.45, 7) is 8.28. The Hall–Kier alpha value is -1.65. The van der Waals surface area contributed by atoms with Crippen molar-refractivity contribution in [1.82, 2.24) is 14.9 Å². The molecule has 2 saturated heterocycles. The quantitative estimate of drug-likeness (QED) is 0.842. The predicted octanol–water partition coefficient (Wildman–Crippen LogP) is 2.59. The van der Waals surface area contributed by atoms with E-state index in [1.165, 1.54) is 19.2 Å². The summed E-state index contributed by atoms with van der Waals surface area (Å²) in [5, 5.41) is 0. The van der Waals surface area contributed by atoms with E-state index in [0.717, 1.165) is 56.7 Å². The van der Waals surface area contributed by atoms with Gasteiger partial charge in [-0.05, 0) is 37.5 Å². The van der Waals surface area contributed by atoms with Crippen LogP contribution in [0.25, 0.3) is 0 Å². The van der Waals surface area contributed by atoms with Gasteiger partial charge in [-0.2, -0.15) is 0 Å². The molecule has 5 heteroatoms. The highest BCUT2D eigenvalue weighted by molar-refractivity contribution is 5.93. The van der Waals surface area contributed by atoms with Crippen LogP contribution < -0.4 is 4.90 Å². The van der Waals surface area contributed by atoms with Crippen molar-refractivity contribution in [2.45, 2.75) is 39.5 Å². The van der Waals surface area contributed by atoms with Crippen molar-refractivity contribution in [3.8, 4) is 0 Å². The molecule has 2 aliphatic rings. The average molecular weight is 302 g/mol. The van der Waals surface area contributed by atoms with Gasteiger partial charge in [0.2, 0.25) is 0 Å². The molecule has 5 nitrogen and oxygen atoms in total. The van der Waals surface area contributed by atoms with Gasteiger partial charge >= 0.3 is 0 Å². The number of carbonyl (C=O) groups excluding carboxylic acids is 1. The van der Waals surface area contributed by atoms with E-state index in [1.54, 1.807) is 0 Å². The van der Waals surface area contributed by atoms with Gasteiger partial charge < -0.3 is 9.80 Å². The van der Waals surface area contributed by atoms with Crippen molar-refractivity contribution >= 4 is 11.7 Å². The normalized spacial score (nSPS) is 21.2. The van der Waals surface area contributed by atoms with Crippen LogP contribution in [-0.2, 0) is 0 Å². The van der Waals surface area contributed by atoms with Crippen LogP contribution in [0.3, 0.4) is 0 Å². The van der Waals surface area contributed by atoms with Crippen molar-refractivity contribution in [3.05, 3.63) is 18.1 Å². The summed E-state index contributed by atoms with van der Waals surface area (Å²) in [6.07, 6.45) is 6.10. The lowest BCUT2D eigenvalue weighted by Crippen LogP contribution is -2.38. The Morgan fingerprint density at radius 2 is 1.59 bits per heavy atom. The molecule has 1 amide bonds. The van der Waals surface area contributed by atoms with Gasteiger partial charge in [0.25, 0.3) is 5.91 Å². The van der Waals surface area contributed by atoms with Gasteiger partial charge in [-0.25, -0.2) is 9.97 Å². The smallest absolute Gasteiger partial charge is 0.272 e. The summed E-state index contributed by atoms with van der Waals surface area (Å²) in [7, 11) is 0. The van der Waals surface area contributed by atoms with E-state index < -0.39 is 0 Å². The van der Waals surface area contributed by atoms with Gasteiger partial charge in [-0.15, -0.1) is 0 Å². The van der Waals surface area contributed by atoms with Gasteiger partial charge in [0.15, 0.2) is 0 Å². The maximum absolute atomic E-state index is 12.6. The molecule has 22 heavy (non-hydrogen) atoms. The zero-order valence-electron chi connectivity index (χ0n) is 13.7. The lowest BCUT2D eigenvalue weighted by molar-refractivity contribution is 0.0691. The van der Waals surface area contributed by atoms with Crippen LogP contribution in [0.4, 0.5) is 5.82 Å². The van der Waals surface area contributed by atoms with Crippen LogP contribution in [0.2, 0.25) is 0 Å². The highest BCUT2D eigenvalue weighted by Crippen LogP contribution is 2.22. The lowest BCUT2D eigenvalue weighted by Gasteiger charge is -2.32. The fraction of sp³-hybridized carbons (Fsp3) is 0.706. The SMILES string of the molecule is CC1CCN(C(=O)c2cc(N3CCC(C)CC3)ncn2)CC1. The molecule has 1 aromatic rings. The molecule has 1 aromatic heterocycles. The third-order valence-electron chi connectivity index (χ3n) is 5.05. The van der Waals surface area contributed by atoms with Crippen LogP contribution in [-0.4, -0.2) is 47.0 Å². The largest absolute Gasteiger partial charge is 0.356 e. The van der Waals surface area contributed by atoms with E-state index in [9.17, 15) is 4.79 Å². The number of nitrogens with zero attached hydrogens (tertiary/aromatic N) is 4. The number of aromatic nitrogens is 2. The van der Waals surface area contributed by atoms with Crippen molar-refractivity contribution < 1.29 is 4.79 Å². The minimum atomic E-state index is 0.0564. The van der Waals surface area contributed by atoms with Gasteiger partial charge in [-0.3, -0.25) is 4.79 Å². The van der Waals surface area contributed by atoms with Gasteiger partial charge in [0.05, 0.1) is 0 Å². The van der Waals surface area contributed by atoms with Gasteiger partial charge in [0.1, 0.15) is 17.8 Å². The number of anilines is 1. The molecule has 0 atom stereocenters. The molecule has 3 rings (SSSR count). The summed E-state index contributed by atoms with van der Waals surface area (Å²) in [5.41, 5.74) is 0.540. The Bertz CT molecular complexity index is 517. The predicted molar refractivity (Wildman–Crippen MR) is 86.9 cm³/mol.